The highest BCUT2D eigenvalue weighted by molar-refractivity contribution is 5.34. The van der Waals surface area contributed by atoms with Crippen LogP contribution in [0, 0.1) is 0 Å². The zero-order valence-corrected chi connectivity index (χ0v) is 12.3. The number of hydrogen-bond acceptors (Lipinski definition) is 3. The molecule has 0 radical (unpaired) electrons. The molecule has 1 aliphatic carbocycles. The average Bonchev–Trinajstić information content (AvgIpc) is 2.99. The zero-order chi connectivity index (χ0) is 14.7. The number of hydrogen-bond donors (Lipinski definition) is 2. The van der Waals surface area contributed by atoms with Crippen molar-refractivity contribution in [2.24, 2.45) is 5.73 Å². The van der Waals surface area contributed by atoms with Gasteiger partial charge < -0.3 is 11.5 Å². The van der Waals surface area contributed by atoms with Crippen molar-refractivity contribution in [2.75, 3.05) is 5.73 Å². The number of pyridine rings is 1. The highest BCUT2D eigenvalue weighted by Gasteiger charge is 2.40. The molecule has 21 heavy (non-hydrogen) atoms. The number of benzene rings is 1. The fourth-order valence-corrected chi connectivity index (χ4v) is 3.72. The summed E-state index contributed by atoms with van der Waals surface area (Å²) in [5.74, 6) is 0.569. The minimum atomic E-state index is 0.110. The van der Waals surface area contributed by atoms with E-state index in [1.807, 2.05) is 12.1 Å². The fraction of sp³-hybridized carbons (Fsp3) is 0.389. The molecule has 1 fully saturated rings. The standard InChI is InChI=1S/C18H23N3/c19-16(12-14-8-11-21-17(20)13-14)18(9-4-5-10-18)15-6-2-1-3-7-15/h1-3,6-8,11,13,16H,4-5,9-10,12,19H2,(H2,20,21). The largest absolute Gasteiger partial charge is 0.384 e. The van der Waals surface area contributed by atoms with Crippen LogP contribution in [0.5, 0.6) is 0 Å². The van der Waals surface area contributed by atoms with E-state index in [9.17, 15) is 0 Å². The lowest BCUT2D eigenvalue weighted by Crippen LogP contribution is -2.45. The lowest BCUT2D eigenvalue weighted by molar-refractivity contribution is 0.347. The molecular weight excluding hydrogens is 258 g/mol. The Kier molecular flexibility index (Phi) is 3.93. The quantitative estimate of drug-likeness (QED) is 0.905. The van der Waals surface area contributed by atoms with E-state index in [1.54, 1.807) is 6.20 Å². The fourth-order valence-electron chi connectivity index (χ4n) is 3.72. The van der Waals surface area contributed by atoms with Gasteiger partial charge in [-0.25, -0.2) is 4.98 Å². The first-order valence-electron chi connectivity index (χ1n) is 7.72. The summed E-state index contributed by atoms with van der Waals surface area (Å²) in [6, 6.07) is 14.8. The maximum Gasteiger partial charge on any atom is 0.123 e. The number of nitrogen functional groups attached to an aromatic ring is 1. The highest BCUT2D eigenvalue weighted by atomic mass is 14.8. The van der Waals surface area contributed by atoms with Crippen molar-refractivity contribution in [1.29, 1.82) is 0 Å². The van der Waals surface area contributed by atoms with Crippen LogP contribution in [0.3, 0.4) is 0 Å². The van der Waals surface area contributed by atoms with Crippen LogP contribution in [-0.4, -0.2) is 11.0 Å². The van der Waals surface area contributed by atoms with Crippen molar-refractivity contribution < 1.29 is 0 Å². The van der Waals surface area contributed by atoms with Crippen LogP contribution < -0.4 is 11.5 Å². The number of nitrogens with zero attached hydrogens (tertiary/aromatic N) is 1. The van der Waals surface area contributed by atoms with Gasteiger partial charge in [0.15, 0.2) is 0 Å². The molecule has 0 saturated heterocycles. The van der Waals surface area contributed by atoms with Crippen LogP contribution in [0.25, 0.3) is 0 Å². The number of aromatic nitrogens is 1. The Morgan fingerprint density at radius 3 is 2.48 bits per heavy atom. The van der Waals surface area contributed by atoms with Crippen LogP contribution in [0.2, 0.25) is 0 Å². The third-order valence-electron chi connectivity index (χ3n) is 4.86. The molecule has 1 atom stereocenters. The van der Waals surface area contributed by atoms with E-state index >= 15 is 0 Å². The van der Waals surface area contributed by atoms with Gasteiger partial charge in [0.2, 0.25) is 0 Å². The van der Waals surface area contributed by atoms with Crippen LogP contribution in [0.1, 0.15) is 36.8 Å². The van der Waals surface area contributed by atoms with E-state index in [0.717, 1.165) is 6.42 Å². The molecule has 0 aliphatic heterocycles. The molecule has 1 heterocycles. The molecule has 1 aromatic heterocycles. The normalized spacial score (nSPS) is 18.5. The summed E-state index contributed by atoms with van der Waals surface area (Å²) in [4.78, 5) is 4.06. The minimum Gasteiger partial charge on any atom is -0.384 e. The molecule has 0 spiro atoms. The second kappa shape index (κ2) is 5.86. The Hall–Kier alpha value is -1.87. The summed E-state index contributed by atoms with van der Waals surface area (Å²) in [5.41, 5.74) is 15.1. The van der Waals surface area contributed by atoms with Gasteiger partial charge in [-0.15, -0.1) is 0 Å². The van der Waals surface area contributed by atoms with Gasteiger partial charge in [0, 0.05) is 17.7 Å². The number of anilines is 1. The molecule has 4 N–H and O–H groups in total. The summed E-state index contributed by atoms with van der Waals surface area (Å²) < 4.78 is 0. The third-order valence-corrected chi connectivity index (χ3v) is 4.86. The predicted molar refractivity (Wildman–Crippen MR) is 86.9 cm³/mol. The van der Waals surface area contributed by atoms with E-state index < -0.39 is 0 Å². The molecule has 3 heteroatoms. The van der Waals surface area contributed by atoms with Crippen molar-refractivity contribution in [3.63, 3.8) is 0 Å². The summed E-state index contributed by atoms with van der Waals surface area (Å²) in [6.07, 6.45) is 7.50. The van der Waals surface area contributed by atoms with Crippen LogP contribution >= 0.6 is 0 Å². The van der Waals surface area contributed by atoms with Crippen molar-refractivity contribution >= 4 is 5.82 Å². The van der Waals surface area contributed by atoms with Gasteiger partial charge in [-0.1, -0.05) is 43.2 Å². The molecule has 1 aliphatic rings. The second-order valence-corrected chi connectivity index (χ2v) is 6.13. The summed E-state index contributed by atoms with van der Waals surface area (Å²) in [5, 5.41) is 0. The minimum absolute atomic E-state index is 0.110. The first-order valence-corrected chi connectivity index (χ1v) is 7.72. The van der Waals surface area contributed by atoms with Gasteiger partial charge >= 0.3 is 0 Å². The van der Waals surface area contributed by atoms with Gasteiger partial charge in [0.1, 0.15) is 5.82 Å². The summed E-state index contributed by atoms with van der Waals surface area (Å²) >= 11 is 0. The van der Waals surface area contributed by atoms with E-state index in [2.05, 4.69) is 35.3 Å². The molecule has 1 unspecified atom stereocenters. The number of nitrogens with two attached hydrogens (primary N) is 2. The van der Waals surface area contributed by atoms with Crippen molar-refractivity contribution in [3.8, 4) is 0 Å². The van der Waals surface area contributed by atoms with Crippen molar-refractivity contribution in [2.45, 2.75) is 43.6 Å². The molecule has 2 aromatic rings. The molecular formula is C18H23N3. The average molecular weight is 281 g/mol. The summed E-state index contributed by atoms with van der Waals surface area (Å²) in [7, 11) is 0. The highest BCUT2D eigenvalue weighted by Crippen LogP contribution is 2.43. The molecule has 1 saturated carbocycles. The molecule has 0 amide bonds. The van der Waals surface area contributed by atoms with Crippen LogP contribution in [0.15, 0.2) is 48.7 Å². The Labute approximate surface area is 126 Å². The van der Waals surface area contributed by atoms with E-state index in [-0.39, 0.29) is 11.5 Å². The second-order valence-electron chi connectivity index (χ2n) is 6.13. The summed E-state index contributed by atoms with van der Waals surface area (Å²) in [6.45, 7) is 0. The molecule has 3 nitrogen and oxygen atoms in total. The Bertz CT molecular complexity index is 588. The lowest BCUT2D eigenvalue weighted by Gasteiger charge is -2.36. The van der Waals surface area contributed by atoms with E-state index in [0.29, 0.717) is 5.82 Å². The van der Waals surface area contributed by atoms with Gasteiger partial charge in [-0.3, -0.25) is 0 Å². The molecule has 110 valence electrons. The Balaban J connectivity index is 1.87. The zero-order valence-electron chi connectivity index (χ0n) is 12.3. The smallest absolute Gasteiger partial charge is 0.123 e. The van der Waals surface area contributed by atoms with Crippen molar-refractivity contribution in [1.82, 2.24) is 4.98 Å². The van der Waals surface area contributed by atoms with Gasteiger partial charge in [-0.2, -0.15) is 0 Å². The van der Waals surface area contributed by atoms with E-state index in [4.69, 9.17) is 11.5 Å². The maximum atomic E-state index is 6.67. The predicted octanol–water partition coefficient (Wildman–Crippen LogP) is 3.05. The molecule has 0 bridgehead atoms. The Morgan fingerprint density at radius 1 is 1.10 bits per heavy atom. The van der Waals surface area contributed by atoms with Gasteiger partial charge in [0.05, 0.1) is 0 Å². The molecule has 3 rings (SSSR count). The van der Waals surface area contributed by atoms with Crippen molar-refractivity contribution in [3.05, 3.63) is 59.8 Å². The monoisotopic (exact) mass is 281 g/mol. The van der Waals surface area contributed by atoms with Crippen LogP contribution in [-0.2, 0) is 11.8 Å². The third kappa shape index (κ3) is 2.79. The van der Waals surface area contributed by atoms with Gasteiger partial charge in [0.25, 0.3) is 0 Å². The number of rotatable bonds is 4. The SMILES string of the molecule is Nc1cc(CC(N)C2(c3ccccc3)CCCC2)ccn1. The van der Waals surface area contributed by atoms with Crippen LogP contribution in [0.4, 0.5) is 5.82 Å². The first-order chi connectivity index (χ1) is 10.2. The topological polar surface area (TPSA) is 64.9 Å². The molecule has 1 aromatic carbocycles. The van der Waals surface area contributed by atoms with E-state index in [1.165, 1.54) is 36.8 Å². The maximum absolute atomic E-state index is 6.67. The Morgan fingerprint density at radius 2 is 1.81 bits per heavy atom. The lowest BCUT2D eigenvalue weighted by atomic mass is 9.71. The van der Waals surface area contributed by atoms with Gasteiger partial charge in [-0.05, 0) is 42.5 Å². The first kappa shape index (κ1) is 14.1.